The fraction of sp³-hybridized carbons (Fsp3) is 0.400. The van der Waals surface area contributed by atoms with Crippen LogP contribution in [0.1, 0.15) is 31.2 Å². The van der Waals surface area contributed by atoms with E-state index in [9.17, 15) is 9.59 Å². The zero-order chi connectivity index (χ0) is 14.2. The van der Waals surface area contributed by atoms with Gasteiger partial charge in [-0.3, -0.25) is 9.59 Å². The summed E-state index contributed by atoms with van der Waals surface area (Å²) in [6.07, 6.45) is 3.15. The number of nitrogens with one attached hydrogen (secondary N) is 2. The lowest BCUT2D eigenvalue weighted by Crippen LogP contribution is -2.41. The fourth-order valence-electron chi connectivity index (χ4n) is 2.17. The maximum absolute atomic E-state index is 12.3. The van der Waals surface area contributed by atoms with Gasteiger partial charge in [-0.2, -0.15) is 5.26 Å². The summed E-state index contributed by atoms with van der Waals surface area (Å²) in [5.41, 5.74) is -0.0599. The van der Waals surface area contributed by atoms with Crippen LogP contribution >= 0.6 is 0 Å². The Hall–Kier alpha value is -2.35. The van der Waals surface area contributed by atoms with E-state index in [-0.39, 0.29) is 17.9 Å². The van der Waals surface area contributed by atoms with Crippen LogP contribution in [0.4, 0.5) is 5.69 Å². The third-order valence-electron chi connectivity index (χ3n) is 3.83. The Labute approximate surface area is 117 Å². The fourth-order valence-corrected chi connectivity index (χ4v) is 2.17. The van der Waals surface area contributed by atoms with Crippen molar-refractivity contribution in [3.05, 3.63) is 29.8 Å². The summed E-state index contributed by atoms with van der Waals surface area (Å²) < 4.78 is 0. The van der Waals surface area contributed by atoms with Gasteiger partial charge >= 0.3 is 0 Å². The second-order valence-electron chi connectivity index (χ2n) is 5.44. The lowest BCUT2D eigenvalue weighted by atomic mass is 10.0. The molecule has 0 aliphatic heterocycles. The molecule has 1 aromatic rings. The maximum atomic E-state index is 12.3. The number of anilines is 1. The zero-order valence-corrected chi connectivity index (χ0v) is 11.0. The molecule has 0 heterocycles. The van der Waals surface area contributed by atoms with Crippen LogP contribution in [0, 0.1) is 16.7 Å². The molecule has 0 radical (unpaired) electrons. The first-order valence-electron chi connectivity index (χ1n) is 6.77. The monoisotopic (exact) mass is 269 g/mol. The lowest BCUT2D eigenvalue weighted by Gasteiger charge is -2.15. The van der Waals surface area contributed by atoms with Gasteiger partial charge in [-0.15, -0.1) is 0 Å². The second-order valence-corrected chi connectivity index (χ2v) is 5.44. The Kier molecular flexibility index (Phi) is 2.94. The molecule has 2 N–H and O–H groups in total. The van der Waals surface area contributed by atoms with E-state index in [2.05, 4.69) is 10.6 Å². The van der Waals surface area contributed by atoms with Gasteiger partial charge < -0.3 is 10.6 Å². The summed E-state index contributed by atoms with van der Waals surface area (Å²) in [7, 11) is 0. The average Bonchev–Trinajstić information content (AvgIpc) is 3.33. The topological polar surface area (TPSA) is 82.0 Å². The zero-order valence-electron chi connectivity index (χ0n) is 11.0. The summed E-state index contributed by atoms with van der Waals surface area (Å²) in [5.74, 6) is -0.481. The largest absolute Gasteiger partial charge is 0.352 e. The molecule has 0 aromatic heterocycles. The second kappa shape index (κ2) is 4.64. The molecule has 20 heavy (non-hydrogen) atoms. The van der Waals surface area contributed by atoms with E-state index in [1.807, 2.05) is 6.07 Å². The van der Waals surface area contributed by atoms with Crippen molar-refractivity contribution < 1.29 is 9.59 Å². The molecule has 0 atom stereocenters. The molecule has 2 aliphatic rings. The molecule has 5 nitrogen and oxygen atoms in total. The molecule has 0 saturated heterocycles. The summed E-state index contributed by atoms with van der Waals surface area (Å²) in [6.45, 7) is 0. The van der Waals surface area contributed by atoms with Crippen molar-refractivity contribution in [1.29, 1.82) is 5.26 Å². The Morgan fingerprint density at radius 2 is 1.90 bits per heavy atom. The van der Waals surface area contributed by atoms with Crippen LogP contribution in [0.2, 0.25) is 0 Å². The predicted octanol–water partition coefficient (Wildman–Crippen LogP) is 1.56. The molecule has 102 valence electrons. The van der Waals surface area contributed by atoms with Gasteiger partial charge in [0.15, 0.2) is 0 Å². The van der Waals surface area contributed by atoms with E-state index in [1.165, 1.54) is 0 Å². The van der Waals surface area contributed by atoms with Gasteiger partial charge in [0.2, 0.25) is 11.8 Å². The molecule has 2 fully saturated rings. The van der Waals surface area contributed by atoms with Gasteiger partial charge in [0.05, 0.1) is 11.3 Å². The molecule has 3 rings (SSSR count). The number of carbonyl (C=O) groups excluding carboxylic acids is 2. The number of carbonyl (C=O) groups is 2. The average molecular weight is 269 g/mol. The number of benzene rings is 1. The van der Waals surface area contributed by atoms with Crippen molar-refractivity contribution in [3.8, 4) is 6.07 Å². The van der Waals surface area contributed by atoms with Gasteiger partial charge in [-0.1, -0.05) is 12.1 Å². The van der Waals surface area contributed by atoms with Crippen LogP contribution < -0.4 is 10.6 Å². The number of hydrogen-bond acceptors (Lipinski definition) is 3. The summed E-state index contributed by atoms with van der Waals surface area (Å²) >= 11 is 0. The molecule has 0 bridgehead atoms. The molecule has 1 aromatic carbocycles. The van der Waals surface area contributed by atoms with Crippen molar-refractivity contribution in [1.82, 2.24) is 5.32 Å². The number of hydrogen-bond donors (Lipinski definition) is 2. The molecule has 5 heteroatoms. The predicted molar refractivity (Wildman–Crippen MR) is 72.6 cm³/mol. The van der Waals surface area contributed by atoms with Crippen LogP contribution in [-0.2, 0) is 9.59 Å². The van der Waals surface area contributed by atoms with Gasteiger partial charge in [-0.25, -0.2) is 0 Å². The van der Waals surface area contributed by atoms with Crippen LogP contribution in [0.3, 0.4) is 0 Å². The standard InChI is InChI=1S/C15H15N3O2/c16-9-10-3-1-2-4-12(10)18-14(20)15(7-8-15)13(19)17-11-5-6-11/h1-4,11H,5-8H2,(H,17,19)(H,18,20). The van der Waals surface area contributed by atoms with Crippen LogP contribution in [0.25, 0.3) is 0 Å². The van der Waals surface area contributed by atoms with E-state index in [1.54, 1.807) is 24.3 Å². The van der Waals surface area contributed by atoms with Crippen molar-refractivity contribution in [2.24, 2.45) is 5.41 Å². The first-order chi connectivity index (χ1) is 9.65. The Morgan fingerprint density at radius 3 is 2.50 bits per heavy atom. The smallest absolute Gasteiger partial charge is 0.240 e. The normalized spacial score (nSPS) is 18.8. The van der Waals surface area contributed by atoms with E-state index in [4.69, 9.17) is 5.26 Å². The summed E-state index contributed by atoms with van der Waals surface area (Å²) in [5, 5.41) is 14.6. The first-order valence-corrected chi connectivity index (χ1v) is 6.77. The molecule has 0 unspecified atom stereocenters. The van der Waals surface area contributed by atoms with E-state index >= 15 is 0 Å². The van der Waals surface area contributed by atoms with E-state index in [0.717, 1.165) is 12.8 Å². The summed E-state index contributed by atoms with van der Waals surface area (Å²) in [6, 6.07) is 9.08. The molecular weight excluding hydrogens is 254 g/mol. The van der Waals surface area contributed by atoms with Crippen molar-refractivity contribution in [2.75, 3.05) is 5.32 Å². The number of para-hydroxylation sites is 1. The molecule has 0 spiro atoms. The molecule has 2 aliphatic carbocycles. The highest BCUT2D eigenvalue weighted by atomic mass is 16.2. The van der Waals surface area contributed by atoms with Crippen molar-refractivity contribution >= 4 is 17.5 Å². The van der Waals surface area contributed by atoms with Gasteiger partial charge in [0, 0.05) is 6.04 Å². The Bertz CT molecular complexity index is 610. The SMILES string of the molecule is N#Cc1ccccc1NC(=O)C1(C(=O)NC2CC2)CC1. The highest BCUT2D eigenvalue weighted by Crippen LogP contribution is 2.47. The van der Waals surface area contributed by atoms with Crippen LogP contribution in [-0.4, -0.2) is 17.9 Å². The minimum absolute atomic E-state index is 0.174. The van der Waals surface area contributed by atoms with Gasteiger partial charge in [-0.05, 0) is 37.8 Å². The van der Waals surface area contributed by atoms with Crippen LogP contribution in [0.5, 0.6) is 0 Å². The molecule has 2 amide bonds. The molecule has 2 saturated carbocycles. The third kappa shape index (κ3) is 2.25. The van der Waals surface area contributed by atoms with E-state index in [0.29, 0.717) is 24.1 Å². The minimum Gasteiger partial charge on any atom is -0.352 e. The number of rotatable bonds is 4. The van der Waals surface area contributed by atoms with Crippen molar-refractivity contribution in [3.63, 3.8) is 0 Å². The van der Waals surface area contributed by atoms with Crippen LogP contribution in [0.15, 0.2) is 24.3 Å². The highest BCUT2D eigenvalue weighted by molar-refractivity contribution is 6.13. The number of nitriles is 1. The Balaban J connectivity index is 1.72. The highest BCUT2D eigenvalue weighted by Gasteiger charge is 2.57. The quantitative estimate of drug-likeness (QED) is 0.814. The van der Waals surface area contributed by atoms with Gasteiger partial charge in [0.25, 0.3) is 0 Å². The third-order valence-corrected chi connectivity index (χ3v) is 3.83. The molecular formula is C15H15N3O2. The minimum atomic E-state index is -0.925. The first kappa shape index (κ1) is 12.7. The maximum Gasteiger partial charge on any atom is 0.240 e. The lowest BCUT2D eigenvalue weighted by molar-refractivity contribution is -0.134. The summed E-state index contributed by atoms with van der Waals surface area (Å²) in [4.78, 5) is 24.5. The number of amides is 2. The van der Waals surface area contributed by atoms with Gasteiger partial charge in [0.1, 0.15) is 11.5 Å². The van der Waals surface area contributed by atoms with Crippen molar-refractivity contribution in [2.45, 2.75) is 31.7 Å². The Morgan fingerprint density at radius 1 is 1.20 bits per heavy atom. The van der Waals surface area contributed by atoms with E-state index < -0.39 is 5.41 Å². The number of nitrogens with zero attached hydrogens (tertiary/aromatic N) is 1.